The van der Waals surface area contributed by atoms with Gasteiger partial charge in [-0.2, -0.15) is 0 Å². The SMILES string of the molecule is C=CCN(C(=O)c1ccccc1)[C@@H](Cc1ccccc1)C(=O)OC. The summed E-state index contributed by atoms with van der Waals surface area (Å²) in [4.78, 5) is 26.7. The molecular formula is C20H21NO3. The minimum atomic E-state index is -0.705. The second kappa shape index (κ2) is 8.67. The van der Waals surface area contributed by atoms with Gasteiger partial charge >= 0.3 is 5.97 Å². The minimum Gasteiger partial charge on any atom is -0.467 e. The summed E-state index contributed by atoms with van der Waals surface area (Å²) in [5, 5.41) is 0. The van der Waals surface area contributed by atoms with E-state index in [1.807, 2.05) is 36.4 Å². The number of hydrogen-bond donors (Lipinski definition) is 0. The van der Waals surface area contributed by atoms with Gasteiger partial charge in [-0.25, -0.2) is 4.79 Å². The first kappa shape index (κ1) is 17.5. The molecule has 1 amide bonds. The molecule has 0 aromatic heterocycles. The zero-order chi connectivity index (χ0) is 17.4. The molecule has 2 aromatic carbocycles. The largest absolute Gasteiger partial charge is 0.467 e. The van der Waals surface area contributed by atoms with Crippen LogP contribution in [-0.2, 0) is 16.0 Å². The summed E-state index contributed by atoms with van der Waals surface area (Å²) in [6.45, 7) is 3.97. The van der Waals surface area contributed by atoms with Crippen molar-refractivity contribution in [2.75, 3.05) is 13.7 Å². The summed E-state index contributed by atoms with van der Waals surface area (Å²) in [5.74, 6) is -0.660. The van der Waals surface area contributed by atoms with E-state index in [0.717, 1.165) is 5.56 Å². The topological polar surface area (TPSA) is 46.6 Å². The molecule has 1 atom stereocenters. The van der Waals surface area contributed by atoms with E-state index in [-0.39, 0.29) is 12.5 Å². The fraction of sp³-hybridized carbons (Fsp3) is 0.200. The van der Waals surface area contributed by atoms with Crippen LogP contribution in [0.25, 0.3) is 0 Å². The van der Waals surface area contributed by atoms with Crippen molar-refractivity contribution in [2.45, 2.75) is 12.5 Å². The molecule has 0 N–H and O–H groups in total. The van der Waals surface area contributed by atoms with Gasteiger partial charge in [0.2, 0.25) is 0 Å². The Bertz CT molecular complexity index is 683. The van der Waals surface area contributed by atoms with E-state index in [1.54, 1.807) is 30.3 Å². The number of carbonyl (C=O) groups excluding carboxylic acids is 2. The van der Waals surface area contributed by atoms with Crippen LogP contribution in [0.15, 0.2) is 73.3 Å². The predicted octanol–water partition coefficient (Wildman–Crippen LogP) is 3.10. The number of hydrogen-bond acceptors (Lipinski definition) is 3. The first-order chi connectivity index (χ1) is 11.7. The van der Waals surface area contributed by atoms with Crippen molar-refractivity contribution >= 4 is 11.9 Å². The van der Waals surface area contributed by atoms with E-state index in [0.29, 0.717) is 12.0 Å². The molecule has 4 heteroatoms. The molecule has 0 saturated heterocycles. The van der Waals surface area contributed by atoms with E-state index in [9.17, 15) is 9.59 Å². The van der Waals surface area contributed by atoms with Crippen LogP contribution in [0, 0.1) is 0 Å². The van der Waals surface area contributed by atoms with Crippen molar-refractivity contribution in [2.24, 2.45) is 0 Å². The Kier molecular flexibility index (Phi) is 6.32. The first-order valence-electron chi connectivity index (χ1n) is 7.76. The van der Waals surface area contributed by atoms with Crippen molar-refractivity contribution in [3.63, 3.8) is 0 Å². The zero-order valence-corrected chi connectivity index (χ0v) is 13.7. The van der Waals surface area contributed by atoms with Crippen molar-refractivity contribution in [3.05, 3.63) is 84.4 Å². The fourth-order valence-corrected chi connectivity index (χ4v) is 2.53. The van der Waals surface area contributed by atoms with Crippen LogP contribution in [0.2, 0.25) is 0 Å². The Morgan fingerprint density at radius 1 is 1.08 bits per heavy atom. The third kappa shape index (κ3) is 4.32. The van der Waals surface area contributed by atoms with Gasteiger partial charge < -0.3 is 9.64 Å². The second-order valence-corrected chi connectivity index (χ2v) is 5.34. The number of amides is 1. The Morgan fingerprint density at radius 3 is 2.21 bits per heavy atom. The monoisotopic (exact) mass is 323 g/mol. The number of benzene rings is 2. The van der Waals surface area contributed by atoms with Crippen LogP contribution in [-0.4, -0.2) is 36.5 Å². The number of carbonyl (C=O) groups is 2. The second-order valence-electron chi connectivity index (χ2n) is 5.34. The molecule has 0 radical (unpaired) electrons. The Hall–Kier alpha value is -2.88. The molecule has 4 nitrogen and oxygen atoms in total. The molecule has 0 fully saturated rings. The third-order valence-corrected chi connectivity index (χ3v) is 3.73. The van der Waals surface area contributed by atoms with Crippen molar-refractivity contribution < 1.29 is 14.3 Å². The summed E-state index contributed by atoms with van der Waals surface area (Å²) in [6, 6.07) is 17.8. The molecule has 0 heterocycles. The number of ether oxygens (including phenoxy) is 1. The molecule has 0 aliphatic rings. The van der Waals surface area contributed by atoms with Crippen LogP contribution in [0.1, 0.15) is 15.9 Å². The minimum absolute atomic E-state index is 0.221. The lowest BCUT2D eigenvalue weighted by molar-refractivity contribution is -0.145. The van der Waals surface area contributed by atoms with Gasteiger partial charge in [0.1, 0.15) is 6.04 Å². The first-order valence-corrected chi connectivity index (χ1v) is 7.76. The molecule has 0 bridgehead atoms. The lowest BCUT2D eigenvalue weighted by Crippen LogP contribution is -2.47. The standard InChI is InChI=1S/C20H21NO3/c1-3-14-21(19(22)17-12-8-5-9-13-17)18(20(23)24-2)15-16-10-6-4-7-11-16/h3-13,18H,1,14-15H2,2H3/t18-/m0/s1. The van der Waals surface area contributed by atoms with Gasteiger partial charge in [0.05, 0.1) is 7.11 Å². The Labute approximate surface area is 142 Å². The van der Waals surface area contributed by atoms with E-state index in [4.69, 9.17) is 4.74 Å². The number of esters is 1. The smallest absolute Gasteiger partial charge is 0.328 e. The van der Waals surface area contributed by atoms with Crippen molar-refractivity contribution in [3.8, 4) is 0 Å². The van der Waals surface area contributed by atoms with Crippen LogP contribution in [0.5, 0.6) is 0 Å². The van der Waals surface area contributed by atoms with Gasteiger partial charge in [-0.3, -0.25) is 4.79 Å². The van der Waals surface area contributed by atoms with Gasteiger partial charge in [-0.15, -0.1) is 6.58 Å². The fourth-order valence-electron chi connectivity index (χ4n) is 2.53. The number of methoxy groups -OCH3 is 1. The molecule has 124 valence electrons. The van der Waals surface area contributed by atoms with Gasteiger partial charge in [-0.1, -0.05) is 54.6 Å². The summed E-state index contributed by atoms with van der Waals surface area (Å²) in [5.41, 5.74) is 1.49. The molecule has 0 aliphatic heterocycles. The summed E-state index contributed by atoms with van der Waals surface area (Å²) in [6.07, 6.45) is 2.00. The van der Waals surface area contributed by atoms with Gasteiger partial charge in [0.15, 0.2) is 0 Å². The summed E-state index contributed by atoms with van der Waals surface area (Å²) in [7, 11) is 1.33. The summed E-state index contributed by atoms with van der Waals surface area (Å²) >= 11 is 0. The van der Waals surface area contributed by atoms with Crippen LogP contribution < -0.4 is 0 Å². The van der Waals surface area contributed by atoms with E-state index >= 15 is 0 Å². The van der Waals surface area contributed by atoms with E-state index < -0.39 is 12.0 Å². The Balaban J connectivity index is 2.33. The van der Waals surface area contributed by atoms with E-state index in [1.165, 1.54) is 12.0 Å². The highest BCUT2D eigenvalue weighted by atomic mass is 16.5. The third-order valence-electron chi connectivity index (χ3n) is 3.73. The lowest BCUT2D eigenvalue weighted by Gasteiger charge is -2.29. The molecule has 2 aromatic rings. The number of rotatable bonds is 7. The number of nitrogens with zero attached hydrogens (tertiary/aromatic N) is 1. The quantitative estimate of drug-likeness (QED) is 0.581. The van der Waals surface area contributed by atoms with E-state index in [2.05, 4.69) is 6.58 Å². The Morgan fingerprint density at radius 2 is 1.67 bits per heavy atom. The maximum absolute atomic E-state index is 12.9. The van der Waals surface area contributed by atoms with Crippen LogP contribution in [0.4, 0.5) is 0 Å². The maximum atomic E-state index is 12.9. The summed E-state index contributed by atoms with van der Waals surface area (Å²) < 4.78 is 4.93. The predicted molar refractivity (Wildman–Crippen MR) is 93.6 cm³/mol. The molecular weight excluding hydrogens is 302 g/mol. The van der Waals surface area contributed by atoms with Gasteiger partial charge in [0.25, 0.3) is 5.91 Å². The molecule has 0 aliphatic carbocycles. The average Bonchev–Trinajstić information content (AvgIpc) is 2.65. The van der Waals surface area contributed by atoms with Crippen molar-refractivity contribution in [1.82, 2.24) is 4.90 Å². The van der Waals surface area contributed by atoms with Crippen LogP contribution in [0.3, 0.4) is 0 Å². The zero-order valence-electron chi connectivity index (χ0n) is 13.7. The molecule has 0 unspecified atom stereocenters. The van der Waals surface area contributed by atoms with Crippen LogP contribution >= 0.6 is 0 Å². The molecule has 0 saturated carbocycles. The highest BCUT2D eigenvalue weighted by Gasteiger charge is 2.30. The highest BCUT2D eigenvalue weighted by molar-refractivity contribution is 5.97. The van der Waals surface area contributed by atoms with Crippen molar-refractivity contribution in [1.29, 1.82) is 0 Å². The molecule has 24 heavy (non-hydrogen) atoms. The van der Waals surface area contributed by atoms with Gasteiger partial charge in [-0.05, 0) is 17.7 Å². The normalized spacial score (nSPS) is 11.4. The maximum Gasteiger partial charge on any atom is 0.328 e. The lowest BCUT2D eigenvalue weighted by atomic mass is 10.0. The van der Waals surface area contributed by atoms with Gasteiger partial charge in [0, 0.05) is 18.5 Å². The molecule has 0 spiro atoms. The average molecular weight is 323 g/mol. The molecule has 2 rings (SSSR count). The highest BCUT2D eigenvalue weighted by Crippen LogP contribution is 2.15.